The van der Waals surface area contributed by atoms with Gasteiger partial charge in [-0.25, -0.2) is 0 Å². The number of aryl methyl sites for hydroxylation is 2. The molecule has 0 saturated heterocycles. The van der Waals surface area contributed by atoms with E-state index in [0.29, 0.717) is 18.0 Å². The van der Waals surface area contributed by atoms with Crippen molar-refractivity contribution in [1.29, 1.82) is 0 Å². The Morgan fingerprint density at radius 2 is 1.87 bits per heavy atom. The average Bonchev–Trinajstić information content (AvgIpc) is 2.53. The van der Waals surface area contributed by atoms with Crippen LogP contribution in [0.4, 0.5) is 0 Å². The van der Waals surface area contributed by atoms with Gasteiger partial charge >= 0.3 is 0 Å². The number of ether oxygens (including phenoxy) is 1. The summed E-state index contributed by atoms with van der Waals surface area (Å²) in [4.78, 5) is 12.3. The molecule has 23 heavy (non-hydrogen) atoms. The summed E-state index contributed by atoms with van der Waals surface area (Å²) in [5.41, 5.74) is 3.22. The molecule has 0 bridgehead atoms. The SMILES string of the molecule is CC[C@H](Oc1ccc(C)cc1C)C(=O)NCc1ccc(Cl)cc1. The van der Waals surface area contributed by atoms with Crippen molar-refractivity contribution in [3.63, 3.8) is 0 Å². The molecule has 4 heteroatoms. The number of rotatable bonds is 6. The Morgan fingerprint density at radius 3 is 2.48 bits per heavy atom. The van der Waals surface area contributed by atoms with Crippen molar-refractivity contribution in [2.24, 2.45) is 0 Å². The van der Waals surface area contributed by atoms with Gasteiger partial charge in [0.05, 0.1) is 0 Å². The first-order valence-corrected chi connectivity index (χ1v) is 8.13. The highest BCUT2D eigenvalue weighted by Crippen LogP contribution is 2.21. The highest BCUT2D eigenvalue weighted by molar-refractivity contribution is 6.30. The van der Waals surface area contributed by atoms with E-state index in [4.69, 9.17) is 16.3 Å². The predicted octanol–water partition coefficient (Wildman–Crippen LogP) is 4.43. The van der Waals surface area contributed by atoms with E-state index < -0.39 is 6.10 Å². The summed E-state index contributed by atoms with van der Waals surface area (Å²) < 4.78 is 5.89. The molecule has 0 unspecified atom stereocenters. The normalized spacial score (nSPS) is 11.8. The summed E-state index contributed by atoms with van der Waals surface area (Å²) in [6.45, 7) is 6.42. The number of hydrogen-bond acceptors (Lipinski definition) is 2. The van der Waals surface area contributed by atoms with Gasteiger partial charge in [0.1, 0.15) is 5.75 Å². The van der Waals surface area contributed by atoms with Crippen molar-refractivity contribution >= 4 is 17.5 Å². The van der Waals surface area contributed by atoms with Gasteiger partial charge in [0.25, 0.3) is 5.91 Å². The molecular weight excluding hydrogens is 310 g/mol. The first-order valence-electron chi connectivity index (χ1n) is 7.75. The summed E-state index contributed by atoms with van der Waals surface area (Å²) in [7, 11) is 0. The van der Waals surface area contributed by atoms with Gasteiger partial charge in [-0.2, -0.15) is 0 Å². The third kappa shape index (κ3) is 5.00. The molecule has 0 spiro atoms. The van der Waals surface area contributed by atoms with Gasteiger partial charge in [-0.3, -0.25) is 4.79 Å². The van der Waals surface area contributed by atoms with Crippen molar-refractivity contribution in [3.05, 3.63) is 64.2 Å². The summed E-state index contributed by atoms with van der Waals surface area (Å²) in [5.74, 6) is 0.645. The van der Waals surface area contributed by atoms with Crippen LogP contribution in [0.25, 0.3) is 0 Å². The molecule has 1 N–H and O–H groups in total. The van der Waals surface area contributed by atoms with Crippen molar-refractivity contribution in [1.82, 2.24) is 5.32 Å². The molecule has 0 aromatic heterocycles. The van der Waals surface area contributed by atoms with E-state index in [1.54, 1.807) is 0 Å². The molecule has 2 aromatic carbocycles. The zero-order valence-electron chi connectivity index (χ0n) is 13.7. The van der Waals surface area contributed by atoms with Gasteiger partial charge in [-0.05, 0) is 49.6 Å². The van der Waals surface area contributed by atoms with E-state index in [9.17, 15) is 4.79 Å². The Balaban J connectivity index is 1.96. The van der Waals surface area contributed by atoms with Crippen LogP contribution >= 0.6 is 11.6 Å². The van der Waals surface area contributed by atoms with E-state index >= 15 is 0 Å². The summed E-state index contributed by atoms with van der Waals surface area (Å²) in [6, 6.07) is 13.4. The Bertz CT molecular complexity index is 668. The average molecular weight is 332 g/mol. The Morgan fingerprint density at radius 1 is 1.17 bits per heavy atom. The number of carbonyl (C=O) groups excluding carboxylic acids is 1. The molecule has 0 fully saturated rings. The summed E-state index contributed by atoms with van der Waals surface area (Å²) >= 11 is 5.86. The molecule has 0 aliphatic carbocycles. The second-order valence-electron chi connectivity index (χ2n) is 5.63. The first kappa shape index (κ1) is 17.4. The van der Waals surface area contributed by atoms with E-state index in [-0.39, 0.29) is 5.91 Å². The van der Waals surface area contributed by atoms with Gasteiger partial charge in [0, 0.05) is 11.6 Å². The fourth-order valence-corrected chi connectivity index (χ4v) is 2.44. The zero-order chi connectivity index (χ0) is 16.8. The maximum Gasteiger partial charge on any atom is 0.261 e. The van der Waals surface area contributed by atoms with Crippen LogP contribution < -0.4 is 10.1 Å². The maximum absolute atomic E-state index is 12.3. The minimum absolute atomic E-state index is 0.109. The second kappa shape index (κ2) is 8.02. The molecule has 0 heterocycles. The molecule has 0 aliphatic heterocycles. The van der Waals surface area contributed by atoms with Crippen LogP contribution in [0.15, 0.2) is 42.5 Å². The molecule has 0 saturated carbocycles. The van der Waals surface area contributed by atoms with Gasteiger partial charge < -0.3 is 10.1 Å². The smallest absolute Gasteiger partial charge is 0.261 e. The molecule has 1 amide bonds. The number of amides is 1. The van der Waals surface area contributed by atoms with Crippen molar-refractivity contribution in [2.45, 2.75) is 39.8 Å². The van der Waals surface area contributed by atoms with Gasteiger partial charge in [-0.1, -0.05) is 48.4 Å². The van der Waals surface area contributed by atoms with E-state index in [1.165, 1.54) is 5.56 Å². The van der Waals surface area contributed by atoms with E-state index in [2.05, 4.69) is 5.32 Å². The number of hydrogen-bond donors (Lipinski definition) is 1. The Kier molecular flexibility index (Phi) is 6.05. The third-order valence-electron chi connectivity index (χ3n) is 3.64. The van der Waals surface area contributed by atoms with Crippen LogP contribution in [0.5, 0.6) is 5.75 Å². The summed E-state index contributed by atoms with van der Waals surface area (Å²) in [5, 5.41) is 3.60. The van der Waals surface area contributed by atoms with Gasteiger partial charge in [-0.15, -0.1) is 0 Å². The zero-order valence-corrected chi connectivity index (χ0v) is 14.5. The van der Waals surface area contributed by atoms with Crippen LogP contribution in [0.1, 0.15) is 30.0 Å². The quantitative estimate of drug-likeness (QED) is 0.850. The monoisotopic (exact) mass is 331 g/mol. The minimum Gasteiger partial charge on any atom is -0.480 e. The van der Waals surface area contributed by atoms with Crippen molar-refractivity contribution < 1.29 is 9.53 Å². The topological polar surface area (TPSA) is 38.3 Å². The fourth-order valence-electron chi connectivity index (χ4n) is 2.31. The molecule has 0 aliphatic rings. The van der Waals surface area contributed by atoms with Gasteiger partial charge in [0.15, 0.2) is 6.10 Å². The second-order valence-corrected chi connectivity index (χ2v) is 6.06. The molecule has 122 valence electrons. The van der Waals surface area contributed by atoms with E-state index in [1.807, 2.05) is 63.2 Å². The van der Waals surface area contributed by atoms with Crippen LogP contribution in [-0.2, 0) is 11.3 Å². The highest BCUT2D eigenvalue weighted by atomic mass is 35.5. The number of halogens is 1. The molecule has 0 radical (unpaired) electrons. The van der Waals surface area contributed by atoms with E-state index in [0.717, 1.165) is 16.9 Å². The van der Waals surface area contributed by atoms with Gasteiger partial charge in [0.2, 0.25) is 0 Å². The first-order chi connectivity index (χ1) is 11.0. The molecule has 2 rings (SSSR count). The third-order valence-corrected chi connectivity index (χ3v) is 3.89. The van der Waals surface area contributed by atoms with Crippen LogP contribution in [-0.4, -0.2) is 12.0 Å². The van der Waals surface area contributed by atoms with Crippen LogP contribution in [0, 0.1) is 13.8 Å². The predicted molar refractivity (Wildman–Crippen MR) is 93.9 cm³/mol. The largest absolute Gasteiger partial charge is 0.480 e. The molecule has 2 aromatic rings. The lowest BCUT2D eigenvalue weighted by atomic mass is 10.1. The maximum atomic E-state index is 12.3. The number of benzene rings is 2. The fraction of sp³-hybridized carbons (Fsp3) is 0.316. The molecular formula is C19H22ClNO2. The van der Waals surface area contributed by atoms with Crippen LogP contribution in [0.2, 0.25) is 5.02 Å². The highest BCUT2D eigenvalue weighted by Gasteiger charge is 2.18. The minimum atomic E-state index is -0.497. The lowest BCUT2D eigenvalue weighted by Gasteiger charge is -2.19. The lowest BCUT2D eigenvalue weighted by Crippen LogP contribution is -2.37. The molecule has 1 atom stereocenters. The van der Waals surface area contributed by atoms with Crippen LogP contribution in [0.3, 0.4) is 0 Å². The number of carbonyl (C=O) groups is 1. The van der Waals surface area contributed by atoms with Crippen molar-refractivity contribution in [3.8, 4) is 5.75 Å². The van der Waals surface area contributed by atoms with Crippen molar-refractivity contribution in [2.75, 3.05) is 0 Å². The molecule has 3 nitrogen and oxygen atoms in total. The lowest BCUT2D eigenvalue weighted by molar-refractivity contribution is -0.128. The standard InChI is InChI=1S/C19H22ClNO2/c1-4-17(23-18-10-5-13(2)11-14(18)3)19(22)21-12-15-6-8-16(20)9-7-15/h5-11,17H,4,12H2,1-3H3,(H,21,22)/t17-/m0/s1. The summed E-state index contributed by atoms with van der Waals surface area (Å²) in [6.07, 6.45) is 0.114. The Labute approximate surface area is 142 Å². The Hall–Kier alpha value is -2.00. The number of nitrogens with one attached hydrogen (secondary N) is 1.